The highest BCUT2D eigenvalue weighted by atomic mass is 16.5. The van der Waals surface area contributed by atoms with E-state index in [-0.39, 0.29) is 6.10 Å². The molecule has 29 heavy (non-hydrogen) atoms. The van der Waals surface area contributed by atoms with Gasteiger partial charge in [-0.15, -0.1) is 0 Å². The number of hydrogen-bond acceptors (Lipinski definition) is 3. The van der Waals surface area contributed by atoms with Crippen molar-refractivity contribution in [3.63, 3.8) is 0 Å². The molecule has 0 bridgehead atoms. The number of anilines is 1. The predicted molar refractivity (Wildman–Crippen MR) is 124 cm³/mol. The van der Waals surface area contributed by atoms with Crippen molar-refractivity contribution < 1.29 is 9.47 Å². The van der Waals surface area contributed by atoms with Crippen LogP contribution in [0, 0.1) is 0 Å². The lowest BCUT2D eigenvalue weighted by Crippen LogP contribution is -2.23. The zero-order chi connectivity index (χ0) is 20.9. The third-order valence-corrected chi connectivity index (χ3v) is 5.36. The largest absolute Gasteiger partial charge is 0.494 e. The lowest BCUT2D eigenvalue weighted by atomic mass is 9.98. The minimum atomic E-state index is 0.0826. The Kier molecular flexibility index (Phi) is 10.5. The van der Waals surface area contributed by atoms with E-state index >= 15 is 0 Å². The maximum atomic E-state index is 6.22. The molecule has 160 valence electrons. The van der Waals surface area contributed by atoms with Gasteiger partial charge in [-0.3, -0.25) is 0 Å². The Morgan fingerprint density at radius 3 is 2.31 bits per heavy atom. The highest BCUT2D eigenvalue weighted by molar-refractivity contribution is 5.46. The third kappa shape index (κ3) is 8.39. The van der Waals surface area contributed by atoms with Gasteiger partial charge in [-0.05, 0) is 61.6 Å². The molecular weight excluding hydrogens is 358 g/mol. The van der Waals surface area contributed by atoms with E-state index in [1.807, 2.05) is 18.2 Å². The fraction of sp³-hybridized carbons (Fsp3) is 0.538. The second-order valence-electron chi connectivity index (χ2n) is 7.94. The van der Waals surface area contributed by atoms with Crippen LogP contribution in [0.1, 0.15) is 77.7 Å². The summed E-state index contributed by atoms with van der Waals surface area (Å²) in [4.78, 5) is 0. The maximum Gasteiger partial charge on any atom is 0.123 e. The van der Waals surface area contributed by atoms with E-state index in [9.17, 15) is 0 Å². The first-order valence-corrected chi connectivity index (χ1v) is 11.4. The van der Waals surface area contributed by atoms with Crippen LogP contribution in [0.3, 0.4) is 0 Å². The van der Waals surface area contributed by atoms with Crippen molar-refractivity contribution in [3.8, 4) is 11.5 Å². The summed E-state index contributed by atoms with van der Waals surface area (Å²) < 4.78 is 12.1. The first kappa shape index (κ1) is 23.1. The maximum absolute atomic E-state index is 6.22. The lowest BCUT2D eigenvalue weighted by molar-refractivity contribution is 0.231. The molecule has 2 aromatic carbocycles. The molecule has 0 spiro atoms. The molecular formula is C26H39NO2. The Hall–Kier alpha value is -2.16. The van der Waals surface area contributed by atoms with E-state index in [0.29, 0.717) is 5.92 Å². The van der Waals surface area contributed by atoms with E-state index in [1.165, 1.54) is 31.2 Å². The number of para-hydroxylation sites is 1. The van der Waals surface area contributed by atoms with E-state index in [1.54, 1.807) is 0 Å². The summed E-state index contributed by atoms with van der Waals surface area (Å²) in [5.41, 5.74) is 2.38. The van der Waals surface area contributed by atoms with Crippen molar-refractivity contribution in [2.24, 2.45) is 0 Å². The number of rotatable bonds is 14. The lowest BCUT2D eigenvalue weighted by Gasteiger charge is -2.20. The fourth-order valence-corrected chi connectivity index (χ4v) is 3.30. The van der Waals surface area contributed by atoms with Crippen LogP contribution in [0.25, 0.3) is 0 Å². The van der Waals surface area contributed by atoms with Gasteiger partial charge in [-0.2, -0.15) is 0 Å². The van der Waals surface area contributed by atoms with Gasteiger partial charge in [0.25, 0.3) is 0 Å². The molecule has 0 radical (unpaired) electrons. The zero-order valence-corrected chi connectivity index (χ0v) is 18.7. The molecule has 2 aromatic rings. The van der Waals surface area contributed by atoms with Gasteiger partial charge in [-0.1, -0.05) is 64.7 Å². The number of benzene rings is 2. The minimum absolute atomic E-state index is 0.0826. The average Bonchev–Trinajstić information content (AvgIpc) is 2.75. The Balaban J connectivity index is 1.74. The molecule has 0 aliphatic carbocycles. The number of unbranched alkanes of at least 4 members (excludes halogenated alkanes) is 4. The van der Waals surface area contributed by atoms with Gasteiger partial charge in [0.2, 0.25) is 0 Å². The molecule has 0 aromatic heterocycles. The number of hydrogen-bond donors (Lipinski definition) is 1. The van der Waals surface area contributed by atoms with Gasteiger partial charge in [0.1, 0.15) is 17.6 Å². The minimum Gasteiger partial charge on any atom is -0.494 e. The first-order chi connectivity index (χ1) is 14.1. The summed E-state index contributed by atoms with van der Waals surface area (Å²) in [5, 5.41) is 3.46. The van der Waals surface area contributed by atoms with Crippen LogP contribution in [-0.2, 0) is 0 Å². The molecule has 0 amide bonds. The summed E-state index contributed by atoms with van der Waals surface area (Å²) in [6.45, 7) is 10.4. The van der Waals surface area contributed by atoms with Crippen LogP contribution in [-0.4, -0.2) is 19.3 Å². The van der Waals surface area contributed by atoms with Gasteiger partial charge in [0, 0.05) is 5.69 Å². The first-order valence-electron chi connectivity index (χ1n) is 11.4. The van der Waals surface area contributed by atoms with E-state index in [2.05, 4.69) is 63.3 Å². The Bertz CT molecular complexity index is 683. The Labute approximate surface area is 177 Å². The van der Waals surface area contributed by atoms with Gasteiger partial charge in [0.05, 0.1) is 13.2 Å². The van der Waals surface area contributed by atoms with Crippen LogP contribution in [0.5, 0.6) is 11.5 Å². The highest BCUT2D eigenvalue weighted by Crippen LogP contribution is 2.29. The quantitative estimate of drug-likeness (QED) is 0.336. The molecule has 0 saturated carbocycles. The second-order valence-corrected chi connectivity index (χ2v) is 7.94. The van der Waals surface area contributed by atoms with E-state index in [4.69, 9.17) is 9.47 Å². The number of ether oxygens (including phenoxy) is 2. The number of nitrogens with one attached hydrogen (secondary N) is 1. The van der Waals surface area contributed by atoms with Crippen LogP contribution in [0.15, 0.2) is 48.5 Å². The van der Waals surface area contributed by atoms with Crippen molar-refractivity contribution >= 4 is 5.69 Å². The summed E-state index contributed by atoms with van der Waals surface area (Å²) in [7, 11) is 0. The van der Waals surface area contributed by atoms with Crippen molar-refractivity contribution in [2.45, 2.75) is 78.2 Å². The normalized spacial score (nSPS) is 13.0. The Morgan fingerprint density at radius 1 is 0.862 bits per heavy atom. The molecule has 3 nitrogen and oxygen atoms in total. The molecule has 0 aliphatic rings. The highest BCUT2D eigenvalue weighted by Gasteiger charge is 2.12. The second kappa shape index (κ2) is 13.1. The third-order valence-electron chi connectivity index (χ3n) is 5.36. The van der Waals surface area contributed by atoms with Crippen molar-refractivity contribution in [3.05, 3.63) is 54.1 Å². The van der Waals surface area contributed by atoms with Crippen LogP contribution in [0.4, 0.5) is 5.69 Å². The average molecular weight is 398 g/mol. The summed E-state index contributed by atoms with van der Waals surface area (Å²) in [5.74, 6) is 2.45. The monoisotopic (exact) mass is 397 g/mol. The molecule has 2 rings (SSSR count). The van der Waals surface area contributed by atoms with Gasteiger partial charge in [0.15, 0.2) is 0 Å². The molecule has 0 aliphatic heterocycles. The molecule has 1 N–H and O–H groups in total. The van der Waals surface area contributed by atoms with E-state index in [0.717, 1.165) is 43.2 Å². The zero-order valence-electron chi connectivity index (χ0n) is 18.7. The van der Waals surface area contributed by atoms with Crippen LogP contribution >= 0.6 is 0 Å². The topological polar surface area (TPSA) is 30.5 Å². The molecule has 0 fully saturated rings. The van der Waals surface area contributed by atoms with Crippen molar-refractivity contribution in [1.82, 2.24) is 0 Å². The van der Waals surface area contributed by atoms with Crippen molar-refractivity contribution in [1.29, 1.82) is 0 Å². The molecule has 3 heteroatoms. The SMILES string of the molecule is CCCCCCCOc1ccc(NCC(C)Oc2ccccc2C(C)CC)cc1. The smallest absolute Gasteiger partial charge is 0.123 e. The molecule has 2 unspecified atom stereocenters. The van der Waals surface area contributed by atoms with Crippen LogP contribution < -0.4 is 14.8 Å². The summed E-state index contributed by atoms with van der Waals surface area (Å²) >= 11 is 0. The van der Waals surface area contributed by atoms with Gasteiger partial charge in [-0.25, -0.2) is 0 Å². The fourth-order valence-electron chi connectivity index (χ4n) is 3.30. The molecule has 0 heterocycles. The van der Waals surface area contributed by atoms with Crippen molar-refractivity contribution in [2.75, 3.05) is 18.5 Å². The summed E-state index contributed by atoms with van der Waals surface area (Å²) in [6, 6.07) is 16.6. The van der Waals surface area contributed by atoms with Gasteiger partial charge < -0.3 is 14.8 Å². The molecule has 2 atom stereocenters. The predicted octanol–water partition coefficient (Wildman–Crippen LogP) is 7.43. The van der Waals surface area contributed by atoms with E-state index < -0.39 is 0 Å². The summed E-state index contributed by atoms with van der Waals surface area (Å²) in [6.07, 6.45) is 7.50. The Morgan fingerprint density at radius 2 is 1.59 bits per heavy atom. The molecule has 0 saturated heterocycles. The van der Waals surface area contributed by atoms with Crippen LogP contribution in [0.2, 0.25) is 0 Å². The van der Waals surface area contributed by atoms with Gasteiger partial charge >= 0.3 is 0 Å². The standard InChI is InChI=1S/C26H39NO2/c1-5-7-8-9-12-19-28-24-17-15-23(16-18-24)27-20-22(4)29-26-14-11-10-13-25(26)21(3)6-2/h10-11,13-18,21-22,27H,5-9,12,19-20H2,1-4H3.